The molecule has 4 nitrogen and oxygen atoms in total. The molecule has 0 saturated carbocycles. The molecule has 0 atom stereocenters. The van der Waals surface area contributed by atoms with Crippen LogP contribution >= 0.6 is 0 Å². The van der Waals surface area contributed by atoms with Crippen molar-refractivity contribution in [3.63, 3.8) is 0 Å². The Morgan fingerprint density at radius 3 is 2.43 bits per heavy atom. The molecule has 110 valence electrons. The Morgan fingerprint density at radius 1 is 1.10 bits per heavy atom. The third kappa shape index (κ3) is 3.75. The van der Waals surface area contributed by atoms with Crippen molar-refractivity contribution in [1.82, 2.24) is 0 Å². The van der Waals surface area contributed by atoms with E-state index in [1.165, 1.54) is 11.6 Å². The van der Waals surface area contributed by atoms with Crippen LogP contribution in [0.25, 0.3) is 0 Å². The van der Waals surface area contributed by atoms with Gasteiger partial charge in [0, 0.05) is 0 Å². The number of hydrogen-bond acceptors (Lipinski definition) is 3. The molecule has 0 amide bonds. The van der Waals surface area contributed by atoms with Crippen molar-refractivity contribution in [1.29, 1.82) is 0 Å². The highest BCUT2D eigenvalue weighted by Gasteiger charge is 2.16. The molecule has 0 aliphatic heterocycles. The first-order chi connectivity index (χ1) is 10.1. The van der Waals surface area contributed by atoms with Gasteiger partial charge in [0.2, 0.25) is 0 Å². The molecular weight excluding hydrogens is 268 g/mol. The summed E-state index contributed by atoms with van der Waals surface area (Å²) in [5.41, 5.74) is 2.25. The molecule has 0 bridgehead atoms. The molecule has 0 aromatic heterocycles. The standard InChI is InChI=1S/C17H18O4/c1-3-20-15-6-4-5-14(17(18)19)16(15)21-11-13-9-7-12(2)8-10-13/h4-10H,3,11H2,1-2H3,(H,18,19). The third-order valence-electron chi connectivity index (χ3n) is 3.01. The minimum absolute atomic E-state index is 0.105. The number of carboxylic acids is 1. The lowest BCUT2D eigenvalue weighted by molar-refractivity contribution is 0.0690. The van der Waals surface area contributed by atoms with E-state index < -0.39 is 5.97 Å². The summed E-state index contributed by atoms with van der Waals surface area (Å²) in [6, 6.07) is 12.8. The summed E-state index contributed by atoms with van der Waals surface area (Å²) in [6.07, 6.45) is 0. The van der Waals surface area contributed by atoms with Crippen LogP contribution in [0.4, 0.5) is 0 Å². The van der Waals surface area contributed by atoms with Gasteiger partial charge in [-0.25, -0.2) is 4.79 Å². The van der Waals surface area contributed by atoms with E-state index in [1.54, 1.807) is 12.1 Å². The monoisotopic (exact) mass is 286 g/mol. The molecule has 0 spiro atoms. The molecule has 2 rings (SSSR count). The zero-order chi connectivity index (χ0) is 15.2. The van der Waals surface area contributed by atoms with Crippen LogP contribution in [0.1, 0.15) is 28.4 Å². The molecule has 21 heavy (non-hydrogen) atoms. The Kier molecular flexibility index (Phi) is 4.82. The fourth-order valence-corrected chi connectivity index (χ4v) is 1.94. The van der Waals surface area contributed by atoms with Crippen molar-refractivity contribution in [3.05, 3.63) is 59.2 Å². The third-order valence-corrected chi connectivity index (χ3v) is 3.01. The molecule has 0 aliphatic carbocycles. The van der Waals surface area contributed by atoms with Crippen LogP contribution in [0.15, 0.2) is 42.5 Å². The highest BCUT2D eigenvalue weighted by molar-refractivity contribution is 5.92. The number of rotatable bonds is 6. The van der Waals surface area contributed by atoms with Crippen LogP contribution < -0.4 is 9.47 Å². The molecule has 1 N–H and O–H groups in total. The number of hydrogen-bond donors (Lipinski definition) is 1. The summed E-state index contributed by atoms with van der Waals surface area (Å²) >= 11 is 0. The summed E-state index contributed by atoms with van der Waals surface area (Å²) < 4.78 is 11.1. The Morgan fingerprint density at radius 2 is 1.81 bits per heavy atom. The van der Waals surface area contributed by atoms with E-state index in [4.69, 9.17) is 9.47 Å². The molecule has 0 radical (unpaired) electrons. The molecule has 0 heterocycles. The van der Waals surface area contributed by atoms with Crippen LogP contribution in [0.2, 0.25) is 0 Å². The van der Waals surface area contributed by atoms with E-state index in [9.17, 15) is 9.90 Å². The molecule has 4 heteroatoms. The Balaban J connectivity index is 2.24. The number of carbonyl (C=O) groups is 1. The quantitative estimate of drug-likeness (QED) is 0.880. The maximum absolute atomic E-state index is 11.3. The Labute approximate surface area is 123 Å². The first-order valence-corrected chi connectivity index (χ1v) is 6.79. The maximum atomic E-state index is 11.3. The zero-order valence-corrected chi connectivity index (χ0v) is 12.1. The first kappa shape index (κ1) is 14.9. The van der Waals surface area contributed by atoms with Gasteiger partial charge >= 0.3 is 5.97 Å². The normalized spacial score (nSPS) is 10.2. The minimum Gasteiger partial charge on any atom is -0.490 e. The number of ether oxygens (including phenoxy) is 2. The maximum Gasteiger partial charge on any atom is 0.339 e. The van der Waals surface area contributed by atoms with Crippen LogP contribution in [-0.2, 0) is 6.61 Å². The van der Waals surface area contributed by atoms with Gasteiger partial charge in [-0.05, 0) is 31.5 Å². The topological polar surface area (TPSA) is 55.8 Å². The number of benzene rings is 2. The van der Waals surface area contributed by atoms with E-state index in [2.05, 4.69) is 0 Å². The summed E-state index contributed by atoms with van der Waals surface area (Å²) in [6.45, 7) is 4.60. The summed E-state index contributed by atoms with van der Waals surface area (Å²) in [5.74, 6) is -0.313. The summed E-state index contributed by atoms with van der Waals surface area (Å²) in [7, 11) is 0. The average Bonchev–Trinajstić information content (AvgIpc) is 2.47. The van der Waals surface area contributed by atoms with Crippen LogP contribution in [0, 0.1) is 6.92 Å². The van der Waals surface area contributed by atoms with Gasteiger partial charge in [0.05, 0.1) is 6.61 Å². The lowest BCUT2D eigenvalue weighted by atomic mass is 10.1. The second-order valence-corrected chi connectivity index (χ2v) is 4.65. The predicted molar refractivity (Wildman–Crippen MR) is 80.1 cm³/mol. The van der Waals surface area contributed by atoms with Gasteiger partial charge in [-0.3, -0.25) is 0 Å². The second kappa shape index (κ2) is 6.79. The average molecular weight is 286 g/mol. The van der Waals surface area contributed by atoms with E-state index in [0.29, 0.717) is 19.0 Å². The number of aromatic carboxylic acids is 1. The van der Waals surface area contributed by atoms with Gasteiger partial charge in [-0.2, -0.15) is 0 Å². The zero-order valence-electron chi connectivity index (χ0n) is 12.1. The van der Waals surface area contributed by atoms with Crippen LogP contribution in [0.3, 0.4) is 0 Å². The van der Waals surface area contributed by atoms with Crippen molar-refractivity contribution < 1.29 is 19.4 Å². The number of para-hydroxylation sites is 1. The highest BCUT2D eigenvalue weighted by atomic mass is 16.5. The number of carboxylic acid groups (broad SMARTS) is 1. The van der Waals surface area contributed by atoms with Gasteiger partial charge in [0.1, 0.15) is 12.2 Å². The van der Waals surface area contributed by atoms with E-state index in [1.807, 2.05) is 38.1 Å². The SMILES string of the molecule is CCOc1cccc(C(=O)O)c1OCc1ccc(C)cc1. The van der Waals surface area contributed by atoms with Crippen molar-refractivity contribution in [2.24, 2.45) is 0 Å². The summed E-state index contributed by atoms with van der Waals surface area (Å²) in [4.78, 5) is 11.3. The minimum atomic E-state index is -1.03. The van der Waals surface area contributed by atoms with E-state index >= 15 is 0 Å². The summed E-state index contributed by atoms with van der Waals surface area (Å²) in [5, 5.41) is 9.26. The molecule has 2 aromatic rings. The van der Waals surface area contributed by atoms with Gasteiger partial charge in [0.15, 0.2) is 11.5 Å². The highest BCUT2D eigenvalue weighted by Crippen LogP contribution is 2.32. The largest absolute Gasteiger partial charge is 0.490 e. The van der Waals surface area contributed by atoms with Crippen LogP contribution in [-0.4, -0.2) is 17.7 Å². The predicted octanol–water partition coefficient (Wildman–Crippen LogP) is 3.67. The van der Waals surface area contributed by atoms with Gasteiger partial charge < -0.3 is 14.6 Å². The lowest BCUT2D eigenvalue weighted by Crippen LogP contribution is -2.06. The molecule has 0 unspecified atom stereocenters. The molecule has 0 aliphatic rings. The molecule has 0 fully saturated rings. The smallest absolute Gasteiger partial charge is 0.339 e. The van der Waals surface area contributed by atoms with Crippen molar-refractivity contribution in [2.75, 3.05) is 6.61 Å². The van der Waals surface area contributed by atoms with Crippen molar-refractivity contribution in [2.45, 2.75) is 20.5 Å². The van der Waals surface area contributed by atoms with Crippen molar-refractivity contribution in [3.8, 4) is 11.5 Å². The lowest BCUT2D eigenvalue weighted by Gasteiger charge is -2.14. The first-order valence-electron chi connectivity index (χ1n) is 6.79. The fourth-order valence-electron chi connectivity index (χ4n) is 1.94. The van der Waals surface area contributed by atoms with Gasteiger partial charge in [0.25, 0.3) is 0 Å². The van der Waals surface area contributed by atoms with E-state index in [0.717, 1.165) is 5.56 Å². The van der Waals surface area contributed by atoms with Gasteiger partial charge in [-0.15, -0.1) is 0 Å². The van der Waals surface area contributed by atoms with Gasteiger partial charge in [-0.1, -0.05) is 35.9 Å². The second-order valence-electron chi connectivity index (χ2n) is 4.65. The van der Waals surface area contributed by atoms with Crippen molar-refractivity contribution >= 4 is 5.97 Å². The van der Waals surface area contributed by atoms with E-state index in [-0.39, 0.29) is 11.3 Å². The Bertz CT molecular complexity index is 617. The fraction of sp³-hybridized carbons (Fsp3) is 0.235. The molecular formula is C17H18O4. The molecule has 2 aromatic carbocycles. The van der Waals surface area contributed by atoms with Crippen LogP contribution in [0.5, 0.6) is 11.5 Å². The number of aryl methyl sites for hydroxylation is 1. The molecule has 0 saturated heterocycles. The Hall–Kier alpha value is -2.49.